The van der Waals surface area contributed by atoms with E-state index < -0.39 is 18.2 Å². The van der Waals surface area contributed by atoms with Crippen LogP contribution in [-0.2, 0) is 13.0 Å². The molecule has 2 aromatic carbocycles. The molecular weight excluding hydrogens is 518 g/mol. The van der Waals surface area contributed by atoms with Crippen molar-refractivity contribution in [2.75, 3.05) is 0 Å². The number of hydrogen-bond acceptors (Lipinski definition) is 6. The van der Waals surface area contributed by atoms with Crippen LogP contribution in [-0.4, -0.2) is 42.9 Å². The number of hydrogen-bond donors (Lipinski definition) is 0. The Balaban J connectivity index is 1.49. The zero-order valence-electron chi connectivity index (χ0n) is 20.3. The van der Waals surface area contributed by atoms with Gasteiger partial charge in [-0.2, -0.15) is 24.2 Å². The highest BCUT2D eigenvalue weighted by molar-refractivity contribution is 6.31. The fraction of sp³-hybridized carbons (Fsp3) is 0.269. The molecule has 2 atom stereocenters. The summed E-state index contributed by atoms with van der Waals surface area (Å²) in [6, 6.07) is 11.8. The van der Waals surface area contributed by atoms with Crippen molar-refractivity contribution in [3.63, 3.8) is 0 Å². The van der Waals surface area contributed by atoms with Crippen LogP contribution in [0.15, 0.2) is 53.6 Å². The summed E-state index contributed by atoms with van der Waals surface area (Å²) in [7, 11) is 0. The number of carbonyl (C=O) groups is 1. The zero-order valence-corrected chi connectivity index (χ0v) is 21.1. The summed E-state index contributed by atoms with van der Waals surface area (Å²) in [5.74, 6) is -0.275. The first kappa shape index (κ1) is 25.4. The highest BCUT2D eigenvalue weighted by atomic mass is 35.5. The third kappa shape index (κ3) is 4.48. The Morgan fingerprint density at radius 3 is 2.66 bits per heavy atom. The van der Waals surface area contributed by atoms with Crippen LogP contribution in [0.5, 0.6) is 5.75 Å². The van der Waals surface area contributed by atoms with E-state index in [0.29, 0.717) is 34.3 Å². The number of nitriles is 1. The number of fused-ring (bicyclic) bond motifs is 3. The third-order valence-corrected chi connectivity index (χ3v) is 7.02. The maximum absolute atomic E-state index is 13.6. The summed E-state index contributed by atoms with van der Waals surface area (Å²) < 4.78 is 32.1. The zero-order chi connectivity index (χ0) is 27.1. The molecule has 0 aliphatic carbocycles. The number of alkyl halides is 2. The minimum atomic E-state index is -2.93. The van der Waals surface area contributed by atoms with Crippen molar-refractivity contribution in [2.45, 2.75) is 45.5 Å². The topological polar surface area (TPSA) is 106 Å². The SMILES string of the molecule is C[C@@H]1Cc2nn3cnn([C@@H](C)c4ccc(OC(F)F)cc4)c(=O)c3c2CN1C(=O)c1ccc(Cl)c(C#N)c1. The molecule has 0 spiro atoms. The summed E-state index contributed by atoms with van der Waals surface area (Å²) in [5, 5.41) is 18.4. The first-order chi connectivity index (χ1) is 18.2. The van der Waals surface area contributed by atoms with E-state index in [1.807, 2.05) is 13.0 Å². The molecule has 3 heterocycles. The molecule has 38 heavy (non-hydrogen) atoms. The minimum absolute atomic E-state index is 0.0121. The van der Waals surface area contributed by atoms with E-state index in [1.54, 1.807) is 30.0 Å². The van der Waals surface area contributed by atoms with Crippen LogP contribution >= 0.6 is 11.6 Å². The van der Waals surface area contributed by atoms with Crippen molar-refractivity contribution in [2.24, 2.45) is 0 Å². The Labute approximate surface area is 220 Å². The number of rotatable bonds is 5. The summed E-state index contributed by atoms with van der Waals surface area (Å²) in [6.45, 7) is 0.880. The van der Waals surface area contributed by atoms with Gasteiger partial charge in [0.05, 0.1) is 28.9 Å². The molecule has 2 aromatic heterocycles. The van der Waals surface area contributed by atoms with Gasteiger partial charge in [-0.25, -0.2) is 9.20 Å². The molecule has 4 aromatic rings. The molecule has 1 aliphatic rings. The summed E-state index contributed by atoms with van der Waals surface area (Å²) in [6.07, 6.45) is 1.87. The Hall–Kier alpha value is -4.30. The van der Waals surface area contributed by atoms with Gasteiger partial charge in [-0.15, -0.1) is 0 Å². The van der Waals surface area contributed by atoms with Gasteiger partial charge in [-0.05, 0) is 49.7 Å². The van der Waals surface area contributed by atoms with Gasteiger partial charge in [0.25, 0.3) is 11.5 Å². The second-order valence-corrected chi connectivity index (χ2v) is 9.42. The van der Waals surface area contributed by atoms with Crippen LogP contribution in [0.2, 0.25) is 5.02 Å². The van der Waals surface area contributed by atoms with Crippen LogP contribution in [0.3, 0.4) is 0 Å². The Kier molecular flexibility index (Phi) is 6.59. The van der Waals surface area contributed by atoms with E-state index in [9.17, 15) is 23.6 Å². The van der Waals surface area contributed by atoms with Gasteiger partial charge in [0.15, 0.2) is 0 Å². The molecule has 0 saturated heterocycles. The predicted octanol–water partition coefficient (Wildman–Crippen LogP) is 4.21. The largest absolute Gasteiger partial charge is 0.435 e. The first-order valence-electron chi connectivity index (χ1n) is 11.7. The normalized spacial score (nSPS) is 15.8. The van der Waals surface area contributed by atoms with Gasteiger partial charge in [0.2, 0.25) is 0 Å². The van der Waals surface area contributed by atoms with Crippen LogP contribution in [0.1, 0.15) is 52.6 Å². The van der Waals surface area contributed by atoms with Gasteiger partial charge in [0, 0.05) is 23.6 Å². The van der Waals surface area contributed by atoms with Crippen LogP contribution in [0.4, 0.5) is 8.78 Å². The third-order valence-electron chi connectivity index (χ3n) is 6.69. The molecule has 9 nitrogen and oxygen atoms in total. The van der Waals surface area contributed by atoms with Gasteiger partial charge in [0.1, 0.15) is 23.7 Å². The lowest BCUT2D eigenvalue weighted by Crippen LogP contribution is -2.42. The van der Waals surface area contributed by atoms with E-state index in [4.69, 9.17) is 11.6 Å². The highest BCUT2D eigenvalue weighted by Gasteiger charge is 2.32. The lowest BCUT2D eigenvalue weighted by atomic mass is 9.99. The molecule has 0 radical (unpaired) electrons. The Morgan fingerprint density at radius 1 is 1.24 bits per heavy atom. The minimum Gasteiger partial charge on any atom is -0.435 e. The first-order valence-corrected chi connectivity index (χ1v) is 12.1. The Bertz CT molecular complexity index is 1640. The summed E-state index contributed by atoms with van der Waals surface area (Å²) in [4.78, 5) is 28.6. The molecule has 1 amide bonds. The van der Waals surface area contributed by atoms with Crippen LogP contribution in [0, 0.1) is 11.3 Å². The van der Waals surface area contributed by atoms with Gasteiger partial charge >= 0.3 is 6.61 Å². The number of amides is 1. The molecule has 0 N–H and O–H groups in total. The van der Waals surface area contributed by atoms with E-state index in [1.165, 1.54) is 39.8 Å². The maximum Gasteiger partial charge on any atom is 0.387 e. The van der Waals surface area contributed by atoms with E-state index in [0.717, 1.165) is 0 Å². The lowest BCUT2D eigenvalue weighted by molar-refractivity contribution is -0.0498. The molecular formula is C26H21ClF2N6O3. The van der Waals surface area contributed by atoms with Crippen molar-refractivity contribution >= 4 is 23.0 Å². The number of nitrogens with zero attached hydrogens (tertiary/aromatic N) is 6. The van der Waals surface area contributed by atoms with Crippen molar-refractivity contribution in [3.05, 3.63) is 92.1 Å². The quantitative estimate of drug-likeness (QED) is 0.377. The summed E-state index contributed by atoms with van der Waals surface area (Å²) >= 11 is 6.02. The fourth-order valence-electron chi connectivity index (χ4n) is 4.66. The van der Waals surface area contributed by atoms with Crippen LogP contribution in [0.25, 0.3) is 5.52 Å². The monoisotopic (exact) mass is 538 g/mol. The predicted molar refractivity (Wildman–Crippen MR) is 133 cm³/mol. The van der Waals surface area contributed by atoms with Crippen molar-refractivity contribution in [1.82, 2.24) is 24.3 Å². The molecule has 12 heteroatoms. The summed E-state index contributed by atoms with van der Waals surface area (Å²) in [5.41, 5.74) is 2.42. The molecule has 5 rings (SSSR count). The molecule has 0 unspecified atom stereocenters. The smallest absolute Gasteiger partial charge is 0.387 e. The molecule has 1 aliphatic heterocycles. The fourth-order valence-corrected chi connectivity index (χ4v) is 4.82. The second-order valence-electron chi connectivity index (χ2n) is 9.02. The van der Waals surface area contributed by atoms with Crippen LogP contribution < -0.4 is 10.3 Å². The number of ether oxygens (including phenoxy) is 1. The number of halogens is 3. The van der Waals surface area contributed by atoms with Crippen molar-refractivity contribution in [1.29, 1.82) is 5.26 Å². The van der Waals surface area contributed by atoms with Gasteiger partial charge < -0.3 is 9.64 Å². The molecule has 0 fully saturated rings. The van der Waals surface area contributed by atoms with E-state index in [2.05, 4.69) is 14.9 Å². The lowest BCUT2D eigenvalue weighted by Gasteiger charge is -2.33. The standard InChI is InChI=1S/C26H21ClF2N6O3/c1-14-9-22-20(12-33(14)24(36)17-5-8-21(27)18(10-17)11-30)23-25(37)35(31-13-34(23)32-22)15(2)16-3-6-19(7-4-16)38-26(28)29/h3-8,10,13-15,26H,9,12H2,1-2H3/t14-,15+/m1/s1. The second kappa shape index (κ2) is 9.87. The Morgan fingerprint density at radius 2 is 1.97 bits per heavy atom. The number of benzene rings is 2. The van der Waals surface area contributed by atoms with Crippen molar-refractivity contribution in [3.8, 4) is 11.8 Å². The molecule has 0 bridgehead atoms. The average Bonchev–Trinajstić information content (AvgIpc) is 3.26. The van der Waals surface area contributed by atoms with Gasteiger partial charge in [-0.1, -0.05) is 23.7 Å². The average molecular weight is 539 g/mol. The number of aromatic nitrogens is 4. The highest BCUT2D eigenvalue weighted by Crippen LogP contribution is 2.28. The van der Waals surface area contributed by atoms with Crippen molar-refractivity contribution < 1.29 is 18.3 Å². The maximum atomic E-state index is 13.6. The molecule has 194 valence electrons. The van der Waals surface area contributed by atoms with E-state index in [-0.39, 0.29) is 34.8 Å². The number of carbonyl (C=O) groups excluding carboxylic acids is 1. The van der Waals surface area contributed by atoms with Gasteiger partial charge in [-0.3, -0.25) is 9.59 Å². The molecule has 0 saturated carbocycles. The van der Waals surface area contributed by atoms with E-state index >= 15 is 0 Å².